The first-order valence-electron chi connectivity index (χ1n) is 12.5. The minimum absolute atomic E-state index is 0.0461. The van der Waals surface area contributed by atoms with E-state index < -0.39 is 27.4 Å². The molecule has 0 bridgehead atoms. The van der Waals surface area contributed by atoms with E-state index in [1.807, 2.05) is 0 Å². The smallest absolute Gasteiger partial charge is 0.260 e. The second-order valence-electron chi connectivity index (χ2n) is 10.0. The average Bonchev–Trinajstić information content (AvgIpc) is 3.68. The SMILES string of the molecule is Cn1ncc2c(N)nc3cc(CN(C(=O)c4ccc(C5CC5)nc4)c4ccc(F)cc4S(C)(=O)=O)cc(F)c3c21. The highest BCUT2D eigenvalue weighted by atomic mass is 32.2. The number of sulfone groups is 1. The first-order chi connectivity index (χ1) is 19.0. The molecule has 0 aliphatic heterocycles. The van der Waals surface area contributed by atoms with Gasteiger partial charge in [-0.15, -0.1) is 0 Å². The number of benzene rings is 2. The number of nitrogens with zero attached hydrogens (tertiary/aromatic N) is 5. The number of rotatable bonds is 6. The molecule has 3 aromatic heterocycles. The summed E-state index contributed by atoms with van der Waals surface area (Å²) in [6.07, 6.45) is 5.96. The van der Waals surface area contributed by atoms with Gasteiger partial charge in [0, 0.05) is 31.1 Å². The summed E-state index contributed by atoms with van der Waals surface area (Å²) in [5, 5.41) is 4.88. The summed E-state index contributed by atoms with van der Waals surface area (Å²) >= 11 is 0. The van der Waals surface area contributed by atoms with Crippen LogP contribution >= 0.6 is 0 Å². The van der Waals surface area contributed by atoms with Crippen molar-refractivity contribution in [2.45, 2.75) is 30.2 Å². The molecule has 204 valence electrons. The van der Waals surface area contributed by atoms with Gasteiger partial charge < -0.3 is 10.6 Å². The molecule has 0 radical (unpaired) electrons. The van der Waals surface area contributed by atoms with E-state index in [-0.39, 0.29) is 39.4 Å². The van der Waals surface area contributed by atoms with E-state index >= 15 is 4.39 Å². The zero-order chi connectivity index (χ0) is 28.3. The molecule has 1 amide bonds. The van der Waals surface area contributed by atoms with Crippen molar-refractivity contribution in [3.8, 4) is 0 Å². The van der Waals surface area contributed by atoms with Crippen LogP contribution in [-0.2, 0) is 23.4 Å². The Morgan fingerprint density at radius 1 is 1.12 bits per heavy atom. The Labute approximate surface area is 228 Å². The molecule has 1 aliphatic carbocycles. The summed E-state index contributed by atoms with van der Waals surface area (Å²) in [6.45, 7) is -0.241. The Kier molecular flexibility index (Phi) is 6.02. The molecule has 3 heterocycles. The van der Waals surface area contributed by atoms with Gasteiger partial charge in [0.1, 0.15) is 17.5 Å². The number of hydrogen-bond acceptors (Lipinski definition) is 7. The highest BCUT2D eigenvalue weighted by Gasteiger charge is 2.28. The maximum absolute atomic E-state index is 15.6. The van der Waals surface area contributed by atoms with Gasteiger partial charge in [-0.2, -0.15) is 5.10 Å². The van der Waals surface area contributed by atoms with Crippen LogP contribution in [0.4, 0.5) is 20.3 Å². The van der Waals surface area contributed by atoms with E-state index in [2.05, 4.69) is 15.1 Å². The molecule has 5 aromatic rings. The Morgan fingerprint density at radius 2 is 1.90 bits per heavy atom. The van der Waals surface area contributed by atoms with Crippen LogP contribution in [0.25, 0.3) is 21.8 Å². The van der Waals surface area contributed by atoms with Crippen LogP contribution in [0, 0.1) is 11.6 Å². The average molecular weight is 563 g/mol. The van der Waals surface area contributed by atoms with Crippen LogP contribution in [0.2, 0.25) is 0 Å². The van der Waals surface area contributed by atoms with E-state index in [4.69, 9.17) is 5.73 Å². The van der Waals surface area contributed by atoms with E-state index in [1.54, 1.807) is 25.2 Å². The first kappa shape index (κ1) is 25.8. The molecule has 1 fully saturated rings. The van der Waals surface area contributed by atoms with Crippen molar-refractivity contribution in [2.24, 2.45) is 7.05 Å². The Hall–Kier alpha value is -4.45. The molecule has 12 heteroatoms. The highest BCUT2D eigenvalue weighted by molar-refractivity contribution is 7.90. The van der Waals surface area contributed by atoms with Gasteiger partial charge in [0.25, 0.3) is 5.91 Å². The van der Waals surface area contributed by atoms with E-state index in [0.717, 1.165) is 36.9 Å². The largest absolute Gasteiger partial charge is 0.383 e. The fraction of sp³-hybridized carbons (Fsp3) is 0.214. The van der Waals surface area contributed by atoms with Crippen LogP contribution < -0.4 is 10.6 Å². The number of carbonyl (C=O) groups is 1. The van der Waals surface area contributed by atoms with Crippen molar-refractivity contribution < 1.29 is 22.0 Å². The molecule has 40 heavy (non-hydrogen) atoms. The van der Waals surface area contributed by atoms with E-state index in [0.29, 0.717) is 22.4 Å². The lowest BCUT2D eigenvalue weighted by Crippen LogP contribution is -2.32. The predicted octanol–water partition coefficient (Wildman–Crippen LogP) is 4.50. The minimum atomic E-state index is -3.95. The number of aryl methyl sites for hydroxylation is 1. The zero-order valence-electron chi connectivity index (χ0n) is 21.6. The normalized spacial score (nSPS) is 13.7. The van der Waals surface area contributed by atoms with Gasteiger partial charge in [0.15, 0.2) is 9.84 Å². The third-order valence-corrected chi connectivity index (χ3v) is 8.17. The molecule has 0 saturated heterocycles. The van der Waals surface area contributed by atoms with Gasteiger partial charge in [0.2, 0.25) is 0 Å². The summed E-state index contributed by atoms with van der Waals surface area (Å²) < 4.78 is 56.5. The molecule has 0 unspecified atom stereocenters. The highest BCUT2D eigenvalue weighted by Crippen LogP contribution is 2.39. The maximum atomic E-state index is 15.6. The molecule has 9 nitrogen and oxygen atoms in total. The lowest BCUT2D eigenvalue weighted by atomic mass is 10.1. The summed E-state index contributed by atoms with van der Waals surface area (Å²) in [5.41, 5.74) is 8.18. The predicted molar refractivity (Wildman–Crippen MR) is 147 cm³/mol. The maximum Gasteiger partial charge on any atom is 0.260 e. The number of amides is 1. The zero-order valence-corrected chi connectivity index (χ0v) is 22.4. The molecule has 2 N–H and O–H groups in total. The van der Waals surface area contributed by atoms with Crippen molar-refractivity contribution in [3.63, 3.8) is 0 Å². The Balaban J connectivity index is 1.49. The van der Waals surface area contributed by atoms with Crippen molar-refractivity contribution in [1.82, 2.24) is 19.7 Å². The fourth-order valence-electron chi connectivity index (χ4n) is 4.94. The van der Waals surface area contributed by atoms with Gasteiger partial charge in [-0.3, -0.25) is 14.5 Å². The first-order valence-corrected chi connectivity index (χ1v) is 14.4. The second-order valence-corrected chi connectivity index (χ2v) is 12.0. The number of fused-ring (bicyclic) bond motifs is 3. The Morgan fingerprint density at radius 3 is 2.58 bits per heavy atom. The molecule has 1 aliphatic rings. The minimum Gasteiger partial charge on any atom is -0.383 e. The standard InChI is InChI=1S/C28H24F2N6O3S/c1-35-26-19(13-33-35)27(31)34-22-10-15(9-20(30)25(22)26)14-36(23-8-6-18(29)11-24(23)40(2,38)39)28(37)17-5-7-21(32-12-17)16-3-4-16/h5-13,16H,3-4,14H2,1-2H3,(H2,31,34). The van der Waals surface area contributed by atoms with Crippen molar-refractivity contribution in [3.05, 3.63) is 83.3 Å². The molecular weight excluding hydrogens is 538 g/mol. The number of pyridine rings is 2. The lowest BCUT2D eigenvalue weighted by molar-refractivity contribution is 0.0984. The van der Waals surface area contributed by atoms with Crippen molar-refractivity contribution in [2.75, 3.05) is 16.9 Å². The molecule has 0 atom stereocenters. The van der Waals surface area contributed by atoms with Crippen LogP contribution in [0.5, 0.6) is 0 Å². The summed E-state index contributed by atoms with van der Waals surface area (Å²) in [6, 6.07) is 9.39. The second kappa shape index (κ2) is 9.33. The molecule has 2 aromatic carbocycles. The quantitative estimate of drug-likeness (QED) is 0.323. The number of aromatic nitrogens is 4. The van der Waals surface area contributed by atoms with Crippen LogP contribution in [0.15, 0.2) is 59.8 Å². The Bertz CT molecular complexity index is 1940. The molecule has 0 spiro atoms. The lowest BCUT2D eigenvalue weighted by Gasteiger charge is -2.25. The number of hydrogen-bond donors (Lipinski definition) is 1. The molecule has 6 rings (SSSR count). The molecule has 1 saturated carbocycles. The third kappa shape index (κ3) is 4.53. The number of nitrogen functional groups attached to an aromatic ring is 1. The van der Waals surface area contributed by atoms with Crippen LogP contribution in [0.1, 0.15) is 40.4 Å². The number of halogens is 2. The van der Waals surface area contributed by atoms with E-state index in [9.17, 15) is 17.6 Å². The van der Waals surface area contributed by atoms with Crippen LogP contribution in [0.3, 0.4) is 0 Å². The molecular formula is C28H24F2N6O3S. The van der Waals surface area contributed by atoms with Gasteiger partial charge in [-0.05, 0) is 60.9 Å². The van der Waals surface area contributed by atoms with Crippen molar-refractivity contribution >= 4 is 49.1 Å². The van der Waals surface area contributed by atoms with Gasteiger partial charge >= 0.3 is 0 Å². The van der Waals surface area contributed by atoms with Gasteiger partial charge in [0.05, 0.1) is 50.7 Å². The van der Waals surface area contributed by atoms with Gasteiger partial charge in [-0.25, -0.2) is 22.2 Å². The third-order valence-electron chi connectivity index (χ3n) is 7.05. The summed E-state index contributed by atoms with van der Waals surface area (Å²) in [7, 11) is -2.29. The van der Waals surface area contributed by atoms with Crippen molar-refractivity contribution in [1.29, 1.82) is 0 Å². The van der Waals surface area contributed by atoms with Crippen LogP contribution in [-0.4, -0.2) is 40.3 Å². The summed E-state index contributed by atoms with van der Waals surface area (Å²) in [5.74, 6) is -1.43. The number of anilines is 2. The summed E-state index contributed by atoms with van der Waals surface area (Å²) in [4.78, 5) is 23.4. The number of carbonyl (C=O) groups excluding carboxylic acids is 1. The number of nitrogens with two attached hydrogens (primary N) is 1. The topological polar surface area (TPSA) is 124 Å². The van der Waals surface area contributed by atoms with E-state index in [1.165, 1.54) is 34.1 Å². The fourth-order valence-corrected chi connectivity index (χ4v) is 5.82. The van der Waals surface area contributed by atoms with Gasteiger partial charge in [-0.1, -0.05) is 0 Å². The monoisotopic (exact) mass is 562 g/mol.